The number of aromatic amines is 1. The number of fused-ring (bicyclic) bond motifs is 1. The maximum absolute atomic E-state index is 12.7. The lowest BCUT2D eigenvalue weighted by molar-refractivity contribution is -0.144. The van der Waals surface area contributed by atoms with Crippen molar-refractivity contribution in [2.45, 2.75) is 51.8 Å². The number of ether oxygens (including phenoxy) is 2. The predicted molar refractivity (Wildman–Crippen MR) is 105 cm³/mol. The number of para-hydroxylation sites is 1. The molecule has 0 fully saturated rings. The van der Waals surface area contributed by atoms with Crippen LogP contribution < -0.4 is 10.6 Å². The molecule has 0 radical (unpaired) electrons. The molecule has 0 bridgehead atoms. The third kappa shape index (κ3) is 5.73. The summed E-state index contributed by atoms with van der Waals surface area (Å²) < 4.78 is 9.90. The minimum absolute atomic E-state index is 0.225. The van der Waals surface area contributed by atoms with Gasteiger partial charge in [-0.15, -0.1) is 0 Å². The van der Waals surface area contributed by atoms with Crippen LogP contribution in [-0.2, 0) is 25.5 Å². The van der Waals surface area contributed by atoms with Crippen molar-refractivity contribution in [3.8, 4) is 0 Å². The molecule has 3 N–H and O–H groups in total. The highest BCUT2D eigenvalue weighted by atomic mass is 16.6. The number of carbonyl (C=O) groups excluding carboxylic acids is 3. The highest BCUT2D eigenvalue weighted by Gasteiger charge is 2.28. The van der Waals surface area contributed by atoms with Crippen LogP contribution >= 0.6 is 0 Å². The molecule has 2 rings (SSSR count). The fraction of sp³-hybridized carbons (Fsp3) is 0.450. The van der Waals surface area contributed by atoms with Gasteiger partial charge in [0.25, 0.3) is 0 Å². The van der Waals surface area contributed by atoms with Crippen LogP contribution in [0.25, 0.3) is 10.9 Å². The highest BCUT2D eigenvalue weighted by molar-refractivity contribution is 5.91. The van der Waals surface area contributed by atoms with E-state index in [1.54, 1.807) is 27.0 Å². The Hall–Kier alpha value is -3.03. The Labute approximate surface area is 164 Å². The number of H-pyrrole nitrogens is 1. The van der Waals surface area contributed by atoms with E-state index >= 15 is 0 Å². The summed E-state index contributed by atoms with van der Waals surface area (Å²) >= 11 is 0. The first-order chi connectivity index (χ1) is 13.1. The van der Waals surface area contributed by atoms with Crippen molar-refractivity contribution in [3.05, 3.63) is 36.0 Å². The Morgan fingerprint density at radius 3 is 2.46 bits per heavy atom. The van der Waals surface area contributed by atoms with Crippen LogP contribution in [-0.4, -0.2) is 47.7 Å². The molecule has 0 saturated heterocycles. The number of nitrogens with one attached hydrogen (secondary N) is 3. The van der Waals surface area contributed by atoms with E-state index in [-0.39, 0.29) is 6.42 Å². The van der Waals surface area contributed by atoms with Crippen LogP contribution in [0, 0.1) is 0 Å². The van der Waals surface area contributed by atoms with Gasteiger partial charge in [0.2, 0.25) is 5.91 Å². The molecule has 0 aliphatic rings. The van der Waals surface area contributed by atoms with Crippen LogP contribution in [0.1, 0.15) is 33.3 Å². The van der Waals surface area contributed by atoms with E-state index in [4.69, 9.17) is 4.74 Å². The van der Waals surface area contributed by atoms with Crippen molar-refractivity contribution >= 4 is 28.9 Å². The summed E-state index contributed by atoms with van der Waals surface area (Å²) in [6.45, 7) is 6.72. The second-order valence-electron chi connectivity index (χ2n) is 7.52. The smallest absolute Gasteiger partial charge is 0.408 e. The fourth-order valence-electron chi connectivity index (χ4n) is 2.73. The van der Waals surface area contributed by atoms with Gasteiger partial charge in [-0.2, -0.15) is 0 Å². The topological polar surface area (TPSA) is 110 Å². The molecule has 0 aliphatic carbocycles. The summed E-state index contributed by atoms with van der Waals surface area (Å²) in [6, 6.07) is 5.89. The van der Waals surface area contributed by atoms with Gasteiger partial charge in [-0.1, -0.05) is 18.2 Å². The lowest BCUT2D eigenvalue weighted by atomic mass is 10.0. The van der Waals surface area contributed by atoms with Gasteiger partial charge in [0, 0.05) is 23.5 Å². The first-order valence-corrected chi connectivity index (χ1v) is 9.03. The van der Waals surface area contributed by atoms with Crippen molar-refractivity contribution in [2.24, 2.45) is 0 Å². The number of rotatable bonds is 6. The van der Waals surface area contributed by atoms with E-state index in [1.165, 1.54) is 14.0 Å². The Balaban J connectivity index is 2.21. The molecule has 8 nitrogen and oxygen atoms in total. The maximum Gasteiger partial charge on any atom is 0.408 e. The van der Waals surface area contributed by atoms with Crippen molar-refractivity contribution in [1.82, 2.24) is 15.6 Å². The molecule has 1 heterocycles. The molecule has 0 saturated carbocycles. The lowest BCUT2D eigenvalue weighted by Gasteiger charge is -2.24. The van der Waals surface area contributed by atoms with Crippen LogP contribution in [0.2, 0.25) is 0 Å². The number of aromatic nitrogens is 1. The lowest BCUT2D eigenvalue weighted by Crippen LogP contribution is -2.52. The van der Waals surface area contributed by atoms with E-state index in [1.807, 2.05) is 24.3 Å². The Bertz CT molecular complexity index is 853. The first-order valence-electron chi connectivity index (χ1n) is 9.03. The number of methoxy groups -OCH3 is 1. The van der Waals surface area contributed by atoms with E-state index < -0.39 is 35.7 Å². The molecular formula is C20H27N3O5. The minimum Gasteiger partial charge on any atom is -0.467 e. The number of amides is 2. The van der Waals surface area contributed by atoms with Gasteiger partial charge < -0.3 is 25.1 Å². The number of alkyl carbamates (subject to hydrolysis) is 1. The quantitative estimate of drug-likeness (QED) is 0.657. The molecule has 28 heavy (non-hydrogen) atoms. The third-order valence-corrected chi connectivity index (χ3v) is 4.02. The molecule has 2 atom stereocenters. The second-order valence-corrected chi connectivity index (χ2v) is 7.52. The summed E-state index contributed by atoms with van der Waals surface area (Å²) in [4.78, 5) is 39.7. The molecule has 0 aliphatic heterocycles. The largest absolute Gasteiger partial charge is 0.467 e. The Morgan fingerprint density at radius 2 is 1.82 bits per heavy atom. The predicted octanol–water partition coefficient (Wildman–Crippen LogP) is 2.28. The van der Waals surface area contributed by atoms with Crippen molar-refractivity contribution in [2.75, 3.05) is 7.11 Å². The fourth-order valence-corrected chi connectivity index (χ4v) is 2.73. The van der Waals surface area contributed by atoms with Gasteiger partial charge in [-0.3, -0.25) is 4.79 Å². The van der Waals surface area contributed by atoms with Gasteiger partial charge in [0.05, 0.1) is 7.11 Å². The molecule has 2 amide bonds. The summed E-state index contributed by atoms with van der Waals surface area (Å²) in [6.07, 6.45) is 1.31. The highest BCUT2D eigenvalue weighted by Crippen LogP contribution is 2.19. The van der Waals surface area contributed by atoms with Crippen LogP contribution in [0.15, 0.2) is 30.5 Å². The van der Waals surface area contributed by atoms with Crippen molar-refractivity contribution in [3.63, 3.8) is 0 Å². The van der Waals surface area contributed by atoms with Crippen LogP contribution in [0.5, 0.6) is 0 Å². The number of carbonyl (C=O) groups is 3. The Kier molecular flexibility index (Phi) is 6.66. The summed E-state index contributed by atoms with van der Waals surface area (Å²) in [5.74, 6) is -1.08. The molecule has 2 aromatic rings. The third-order valence-electron chi connectivity index (χ3n) is 4.02. The zero-order valence-electron chi connectivity index (χ0n) is 16.8. The molecule has 152 valence electrons. The molecule has 0 spiro atoms. The van der Waals surface area contributed by atoms with Crippen molar-refractivity contribution < 1.29 is 23.9 Å². The van der Waals surface area contributed by atoms with E-state index in [2.05, 4.69) is 20.4 Å². The normalized spacial score (nSPS) is 13.5. The summed E-state index contributed by atoms with van der Waals surface area (Å²) in [7, 11) is 1.24. The molecular weight excluding hydrogens is 362 g/mol. The zero-order valence-corrected chi connectivity index (χ0v) is 16.8. The SMILES string of the molecule is COC(=O)[C@@H](C)NC(=O)[C@H](Cc1c[nH]c2ccccc12)NC(=O)OC(C)(C)C. The Morgan fingerprint density at radius 1 is 1.14 bits per heavy atom. The number of hydrogen-bond acceptors (Lipinski definition) is 5. The average Bonchev–Trinajstić information content (AvgIpc) is 3.01. The van der Waals surface area contributed by atoms with Crippen LogP contribution in [0.4, 0.5) is 4.79 Å². The van der Waals surface area contributed by atoms with Crippen molar-refractivity contribution in [1.29, 1.82) is 0 Å². The van der Waals surface area contributed by atoms with E-state index in [0.717, 1.165) is 16.5 Å². The first kappa shape index (κ1) is 21.3. The maximum atomic E-state index is 12.7. The van der Waals surface area contributed by atoms with Gasteiger partial charge in [0.1, 0.15) is 17.7 Å². The van der Waals surface area contributed by atoms with E-state index in [9.17, 15) is 14.4 Å². The number of hydrogen-bond donors (Lipinski definition) is 3. The summed E-state index contributed by atoms with van der Waals surface area (Å²) in [5, 5.41) is 6.12. The van der Waals surface area contributed by atoms with Gasteiger partial charge in [-0.25, -0.2) is 9.59 Å². The number of esters is 1. The average molecular weight is 389 g/mol. The standard InChI is InChI=1S/C20H27N3O5/c1-12(18(25)27-5)22-17(24)16(23-19(26)28-20(2,3)4)10-13-11-21-15-9-7-6-8-14(13)15/h6-9,11-12,16,21H,10H2,1-5H3,(H,22,24)(H,23,26)/t12-,16+/m1/s1. The van der Waals surface area contributed by atoms with Gasteiger partial charge in [-0.05, 0) is 39.3 Å². The van der Waals surface area contributed by atoms with E-state index in [0.29, 0.717) is 0 Å². The van der Waals surface area contributed by atoms with Crippen LogP contribution in [0.3, 0.4) is 0 Å². The second kappa shape index (κ2) is 8.77. The monoisotopic (exact) mass is 389 g/mol. The van der Waals surface area contributed by atoms with Gasteiger partial charge >= 0.3 is 12.1 Å². The van der Waals surface area contributed by atoms with Gasteiger partial charge in [0.15, 0.2) is 0 Å². The number of benzene rings is 1. The molecule has 1 aromatic heterocycles. The molecule has 8 heteroatoms. The summed E-state index contributed by atoms with van der Waals surface area (Å²) in [5.41, 5.74) is 1.08. The molecule has 1 aromatic carbocycles. The minimum atomic E-state index is -0.929. The zero-order chi connectivity index (χ0) is 20.9. The molecule has 0 unspecified atom stereocenters.